The third-order valence-corrected chi connectivity index (χ3v) is 6.15. The summed E-state index contributed by atoms with van der Waals surface area (Å²) in [5.74, 6) is -0.0196. The van der Waals surface area contributed by atoms with Crippen molar-refractivity contribution >= 4 is 29.3 Å². The van der Waals surface area contributed by atoms with Crippen LogP contribution in [0.3, 0.4) is 0 Å². The molecule has 0 saturated carbocycles. The van der Waals surface area contributed by atoms with Crippen molar-refractivity contribution in [2.45, 2.75) is 20.8 Å². The molecule has 0 bridgehead atoms. The van der Waals surface area contributed by atoms with Crippen molar-refractivity contribution in [3.05, 3.63) is 86.2 Å². The number of pyridine rings is 1. The van der Waals surface area contributed by atoms with E-state index < -0.39 is 5.41 Å². The molecule has 162 valence electrons. The summed E-state index contributed by atoms with van der Waals surface area (Å²) < 4.78 is 4.48. The van der Waals surface area contributed by atoms with Gasteiger partial charge >= 0.3 is 0 Å². The van der Waals surface area contributed by atoms with Crippen LogP contribution in [0.1, 0.15) is 26.3 Å². The highest BCUT2D eigenvalue weighted by Crippen LogP contribution is 2.23. The highest BCUT2D eigenvalue weighted by molar-refractivity contribution is 7.07. The lowest BCUT2D eigenvalue weighted by atomic mass is 9.91. The summed E-state index contributed by atoms with van der Waals surface area (Å²) in [7, 11) is 1.69. The Morgan fingerprint density at radius 3 is 2.50 bits per heavy atom. The first-order valence-corrected chi connectivity index (χ1v) is 11.0. The van der Waals surface area contributed by atoms with Crippen LogP contribution in [0.4, 0.5) is 0 Å². The van der Waals surface area contributed by atoms with Crippen molar-refractivity contribution in [3.8, 4) is 16.9 Å². The van der Waals surface area contributed by atoms with E-state index in [0.29, 0.717) is 9.20 Å². The van der Waals surface area contributed by atoms with Gasteiger partial charge in [-0.25, -0.2) is 4.68 Å². The number of para-hydroxylation sites is 1. The van der Waals surface area contributed by atoms with E-state index in [1.165, 1.54) is 15.9 Å². The molecule has 4 aromatic rings. The van der Waals surface area contributed by atoms with Gasteiger partial charge in [-0.15, -0.1) is 11.3 Å². The molecular formula is C25H24N4O2S. The summed E-state index contributed by atoms with van der Waals surface area (Å²) in [5.41, 5.74) is 2.65. The Balaban J connectivity index is 1.90. The van der Waals surface area contributed by atoms with Crippen LogP contribution >= 0.6 is 11.3 Å². The van der Waals surface area contributed by atoms with E-state index >= 15 is 0 Å². The molecule has 1 aromatic carbocycles. The number of rotatable bonds is 4. The van der Waals surface area contributed by atoms with E-state index in [1.54, 1.807) is 30.2 Å². The minimum Gasteiger partial charge on any atom is -0.302 e. The van der Waals surface area contributed by atoms with Crippen LogP contribution < -0.4 is 14.8 Å². The molecule has 6 nitrogen and oxygen atoms in total. The summed E-state index contributed by atoms with van der Waals surface area (Å²) in [4.78, 5) is 29.6. The van der Waals surface area contributed by atoms with Gasteiger partial charge in [0, 0.05) is 48.3 Å². The zero-order valence-electron chi connectivity index (χ0n) is 18.4. The number of thiazole rings is 1. The third-order valence-electron chi connectivity index (χ3n) is 5.04. The van der Waals surface area contributed by atoms with Gasteiger partial charge in [0.15, 0.2) is 5.78 Å². The molecular weight excluding hydrogens is 420 g/mol. The van der Waals surface area contributed by atoms with Gasteiger partial charge < -0.3 is 4.57 Å². The first-order valence-electron chi connectivity index (χ1n) is 10.2. The van der Waals surface area contributed by atoms with Crippen LogP contribution in [0.15, 0.2) is 65.8 Å². The van der Waals surface area contributed by atoms with E-state index in [9.17, 15) is 9.59 Å². The largest absolute Gasteiger partial charge is 0.302 e. The maximum Gasteiger partial charge on any atom is 0.268 e. The van der Waals surface area contributed by atoms with Crippen molar-refractivity contribution in [2.24, 2.45) is 12.5 Å². The fourth-order valence-electron chi connectivity index (χ4n) is 3.11. The van der Waals surface area contributed by atoms with Crippen molar-refractivity contribution in [1.29, 1.82) is 0 Å². The van der Waals surface area contributed by atoms with E-state index in [0.717, 1.165) is 22.5 Å². The first kappa shape index (κ1) is 21.6. The molecule has 0 N–H and O–H groups in total. The summed E-state index contributed by atoms with van der Waals surface area (Å²) in [6.45, 7) is 5.59. The van der Waals surface area contributed by atoms with Gasteiger partial charge in [0.05, 0.1) is 10.2 Å². The maximum absolute atomic E-state index is 12.9. The number of hydrogen-bond acceptors (Lipinski definition) is 5. The average Bonchev–Trinajstić information content (AvgIpc) is 3.31. The van der Waals surface area contributed by atoms with E-state index in [-0.39, 0.29) is 11.3 Å². The fourth-order valence-corrected chi connectivity index (χ4v) is 4.13. The normalized spacial score (nSPS) is 13.0. The molecule has 0 radical (unpaired) electrons. The lowest BCUT2D eigenvalue weighted by Crippen LogP contribution is -2.30. The smallest absolute Gasteiger partial charge is 0.268 e. The monoisotopic (exact) mass is 444 g/mol. The van der Waals surface area contributed by atoms with Crippen LogP contribution in [0.2, 0.25) is 0 Å². The second kappa shape index (κ2) is 8.51. The summed E-state index contributed by atoms with van der Waals surface area (Å²) >= 11 is 1.30. The molecule has 0 amide bonds. The standard InChI is InChI=1S/C25H24N4O2S/c1-25(2,3)21(30)14-22-28(4)24(31)20(32-22)13-18-16-29(19-10-6-5-7-11-19)27-23(18)17-9-8-12-26-15-17/h5-16H,1-4H3. The van der Waals surface area contributed by atoms with Crippen molar-refractivity contribution in [2.75, 3.05) is 0 Å². The second-order valence-corrected chi connectivity index (χ2v) is 9.59. The Hall–Kier alpha value is -3.58. The molecule has 4 rings (SSSR count). The zero-order valence-corrected chi connectivity index (χ0v) is 19.3. The minimum atomic E-state index is -0.506. The number of nitrogens with zero attached hydrogens (tertiary/aromatic N) is 4. The quantitative estimate of drug-likeness (QED) is 0.485. The lowest BCUT2D eigenvalue weighted by Gasteiger charge is -2.12. The van der Waals surface area contributed by atoms with Crippen LogP contribution in [0, 0.1) is 5.41 Å². The number of ketones is 1. The first-order chi connectivity index (χ1) is 15.2. The molecule has 0 saturated heterocycles. The Kier molecular flexibility index (Phi) is 5.76. The van der Waals surface area contributed by atoms with Crippen molar-refractivity contribution < 1.29 is 4.79 Å². The molecule has 0 atom stereocenters. The third kappa shape index (κ3) is 4.38. The maximum atomic E-state index is 12.9. The molecule has 0 fully saturated rings. The Bertz CT molecular complexity index is 1440. The molecule has 32 heavy (non-hydrogen) atoms. The zero-order chi connectivity index (χ0) is 22.9. The highest BCUT2D eigenvalue weighted by Gasteiger charge is 2.19. The highest BCUT2D eigenvalue weighted by atomic mass is 32.1. The fraction of sp³-hybridized carbons (Fsp3) is 0.200. The van der Waals surface area contributed by atoms with Crippen LogP contribution in [0.5, 0.6) is 0 Å². The predicted molar refractivity (Wildman–Crippen MR) is 128 cm³/mol. The van der Waals surface area contributed by atoms with Gasteiger partial charge in [-0.1, -0.05) is 39.0 Å². The topological polar surface area (TPSA) is 69.8 Å². The van der Waals surface area contributed by atoms with E-state index in [4.69, 9.17) is 5.10 Å². The number of hydrogen-bond donors (Lipinski definition) is 0. The number of carbonyl (C=O) groups excluding carboxylic acids is 1. The van der Waals surface area contributed by atoms with Gasteiger partial charge in [-0.2, -0.15) is 5.10 Å². The van der Waals surface area contributed by atoms with Crippen molar-refractivity contribution in [1.82, 2.24) is 19.3 Å². The molecule has 0 aliphatic rings. The molecule has 3 aromatic heterocycles. The summed E-state index contributed by atoms with van der Waals surface area (Å²) in [6.07, 6.45) is 8.76. The van der Waals surface area contributed by atoms with Gasteiger partial charge in [-0.3, -0.25) is 14.6 Å². The number of benzene rings is 1. The Morgan fingerprint density at radius 2 is 1.84 bits per heavy atom. The summed E-state index contributed by atoms with van der Waals surface area (Å²) in [6, 6.07) is 13.6. The van der Waals surface area contributed by atoms with E-state index in [1.807, 2.05) is 75.5 Å². The molecule has 0 aliphatic heterocycles. The van der Waals surface area contributed by atoms with Gasteiger partial charge in [-0.05, 0) is 30.3 Å². The predicted octanol–water partition coefficient (Wildman–Crippen LogP) is 2.92. The minimum absolute atomic E-state index is 0.0196. The number of aromatic nitrogens is 4. The van der Waals surface area contributed by atoms with Gasteiger partial charge in [0.2, 0.25) is 0 Å². The van der Waals surface area contributed by atoms with Crippen LogP contribution in [-0.2, 0) is 11.8 Å². The molecule has 0 spiro atoms. The average molecular weight is 445 g/mol. The molecule has 0 unspecified atom stereocenters. The van der Waals surface area contributed by atoms with Crippen LogP contribution in [0.25, 0.3) is 29.1 Å². The second-order valence-electron chi connectivity index (χ2n) is 8.53. The van der Waals surface area contributed by atoms with Crippen LogP contribution in [-0.4, -0.2) is 25.1 Å². The van der Waals surface area contributed by atoms with Gasteiger partial charge in [0.1, 0.15) is 10.4 Å². The van der Waals surface area contributed by atoms with Crippen molar-refractivity contribution in [3.63, 3.8) is 0 Å². The Labute approximate surface area is 189 Å². The lowest BCUT2D eigenvalue weighted by molar-refractivity contribution is -0.120. The number of carbonyl (C=O) groups is 1. The number of Topliss-reactive ketones (excluding diaryl/α,β-unsaturated/α-hetero) is 1. The van der Waals surface area contributed by atoms with Gasteiger partial charge in [0.25, 0.3) is 5.56 Å². The SMILES string of the molecule is Cn1c(=CC(=O)C(C)(C)C)sc(=Cc2cn(-c3ccccc3)nc2-c2cccnc2)c1=O. The molecule has 0 aliphatic carbocycles. The molecule has 3 heterocycles. The summed E-state index contributed by atoms with van der Waals surface area (Å²) in [5, 5.41) is 4.77. The molecule has 7 heteroatoms. The Morgan fingerprint density at radius 1 is 1.09 bits per heavy atom. The van der Waals surface area contributed by atoms with E-state index in [2.05, 4.69) is 4.98 Å².